The molecule has 1 aromatic heterocycles. The highest BCUT2D eigenvalue weighted by Gasteiger charge is 2.37. The number of aromatic nitrogens is 1. The molecule has 1 aliphatic carbocycles. The summed E-state index contributed by atoms with van der Waals surface area (Å²) in [4.78, 5) is 15.0. The van der Waals surface area contributed by atoms with Crippen molar-refractivity contribution in [3.8, 4) is 27.9 Å². The second-order valence-electron chi connectivity index (χ2n) is 16.3. The molecule has 2 heterocycles. The van der Waals surface area contributed by atoms with E-state index in [1.807, 2.05) is 66.0 Å². The lowest BCUT2D eigenvalue weighted by Crippen LogP contribution is -2.15. The Balaban J connectivity index is 0.946. The van der Waals surface area contributed by atoms with Crippen molar-refractivity contribution in [3.05, 3.63) is 216 Å². The standard InChI is InChI=1S/C56H41N3S2/c1-56(2)46-31-40(25-27-42(46)44-32-54-55(33-47(44)56)61-53-24-13-12-23-52(53)60-54)39-26-28-51-45(30-39)43-21-10-11-22-50(43)59(51)41-20-14-15-36(29-41)35-58-49(38-18-8-5-9-19-38)34-48(57-3)37-16-6-4-7-17-37/h4-34H,3,35H2,1-2H3/b48-34-,58-49?. The predicted octanol–water partition coefficient (Wildman–Crippen LogP) is 15.1. The van der Waals surface area contributed by atoms with Crippen LogP contribution in [0, 0.1) is 0 Å². The fourth-order valence-electron chi connectivity index (χ4n) is 9.12. The normalized spacial score (nSPS) is 14.1. The molecule has 8 aromatic carbocycles. The van der Waals surface area contributed by atoms with E-state index < -0.39 is 0 Å². The van der Waals surface area contributed by atoms with E-state index in [1.54, 1.807) is 0 Å². The second kappa shape index (κ2) is 15.1. The van der Waals surface area contributed by atoms with Crippen LogP contribution in [-0.4, -0.2) is 17.0 Å². The molecule has 9 aromatic rings. The number of nitrogens with zero attached hydrogens (tertiary/aromatic N) is 3. The van der Waals surface area contributed by atoms with E-state index in [0.717, 1.165) is 33.8 Å². The van der Waals surface area contributed by atoms with Crippen LogP contribution in [0.5, 0.6) is 0 Å². The van der Waals surface area contributed by atoms with E-state index >= 15 is 0 Å². The summed E-state index contributed by atoms with van der Waals surface area (Å²) >= 11 is 3.79. The van der Waals surface area contributed by atoms with Crippen LogP contribution in [-0.2, 0) is 12.0 Å². The maximum atomic E-state index is 5.19. The molecular formula is C56H41N3S2. The van der Waals surface area contributed by atoms with E-state index in [-0.39, 0.29) is 5.41 Å². The summed E-state index contributed by atoms with van der Waals surface area (Å²) in [6, 6.07) is 65.8. The third-order valence-corrected chi connectivity index (χ3v) is 14.7. The van der Waals surface area contributed by atoms with Crippen LogP contribution in [0.15, 0.2) is 218 Å². The van der Waals surface area contributed by atoms with Gasteiger partial charge in [-0.1, -0.05) is 159 Å². The molecule has 0 radical (unpaired) electrons. The average Bonchev–Trinajstić information content (AvgIpc) is 3.75. The molecule has 0 N–H and O–H groups in total. The van der Waals surface area contributed by atoms with E-state index in [0.29, 0.717) is 6.54 Å². The fraction of sp³-hybridized carbons (Fsp3) is 0.0714. The van der Waals surface area contributed by atoms with Crippen LogP contribution in [0.3, 0.4) is 0 Å². The minimum atomic E-state index is -0.113. The van der Waals surface area contributed by atoms with Crippen molar-refractivity contribution in [1.82, 2.24) is 4.57 Å². The maximum absolute atomic E-state index is 5.19. The Morgan fingerprint density at radius 3 is 1.97 bits per heavy atom. The Morgan fingerprint density at radius 2 is 1.20 bits per heavy atom. The van der Waals surface area contributed by atoms with Gasteiger partial charge in [0.2, 0.25) is 0 Å². The lowest BCUT2D eigenvalue weighted by atomic mass is 9.81. The van der Waals surface area contributed by atoms with E-state index in [1.165, 1.54) is 74.8 Å². The third kappa shape index (κ3) is 6.57. The van der Waals surface area contributed by atoms with Gasteiger partial charge in [-0.2, -0.15) is 0 Å². The zero-order valence-electron chi connectivity index (χ0n) is 34.0. The van der Waals surface area contributed by atoms with Gasteiger partial charge in [0.1, 0.15) is 0 Å². The van der Waals surface area contributed by atoms with Gasteiger partial charge in [0, 0.05) is 47.0 Å². The van der Waals surface area contributed by atoms with Gasteiger partial charge in [0.05, 0.1) is 29.0 Å². The van der Waals surface area contributed by atoms with Crippen molar-refractivity contribution in [2.75, 3.05) is 0 Å². The Kier molecular flexibility index (Phi) is 9.25. The Bertz CT molecular complexity index is 3260. The molecular weight excluding hydrogens is 779 g/mol. The Hall–Kier alpha value is -6.66. The van der Waals surface area contributed by atoms with Gasteiger partial charge in [-0.25, -0.2) is 0 Å². The van der Waals surface area contributed by atoms with Crippen molar-refractivity contribution >= 4 is 63.5 Å². The topological polar surface area (TPSA) is 29.6 Å². The molecule has 1 aliphatic heterocycles. The molecule has 11 rings (SSSR count). The minimum absolute atomic E-state index is 0.113. The number of hydrogen-bond acceptors (Lipinski definition) is 4. The minimum Gasteiger partial charge on any atom is -0.309 e. The van der Waals surface area contributed by atoms with E-state index in [4.69, 9.17) is 4.99 Å². The predicted molar refractivity (Wildman–Crippen MR) is 259 cm³/mol. The highest BCUT2D eigenvalue weighted by Crippen LogP contribution is 2.56. The first kappa shape index (κ1) is 37.3. The lowest BCUT2D eigenvalue weighted by molar-refractivity contribution is 0.658. The van der Waals surface area contributed by atoms with Gasteiger partial charge in [0.25, 0.3) is 0 Å². The number of allylic oxidation sites excluding steroid dienone is 1. The van der Waals surface area contributed by atoms with Crippen LogP contribution in [0.2, 0.25) is 0 Å². The van der Waals surface area contributed by atoms with Gasteiger partial charge >= 0.3 is 0 Å². The lowest BCUT2D eigenvalue weighted by Gasteiger charge is -2.24. The first-order valence-electron chi connectivity index (χ1n) is 20.7. The first-order valence-corrected chi connectivity index (χ1v) is 22.3. The smallest absolute Gasteiger partial charge is 0.0716 e. The van der Waals surface area contributed by atoms with Crippen molar-refractivity contribution in [1.29, 1.82) is 0 Å². The van der Waals surface area contributed by atoms with Crippen LogP contribution < -0.4 is 0 Å². The number of aliphatic imine (C=N–C) groups is 2. The first-order chi connectivity index (χ1) is 29.9. The van der Waals surface area contributed by atoms with Crippen molar-refractivity contribution in [2.45, 2.75) is 45.4 Å². The van der Waals surface area contributed by atoms with Crippen molar-refractivity contribution in [3.63, 3.8) is 0 Å². The summed E-state index contributed by atoms with van der Waals surface area (Å²) in [6.07, 6.45) is 2.04. The third-order valence-electron chi connectivity index (χ3n) is 12.2. The Labute approximate surface area is 365 Å². The van der Waals surface area contributed by atoms with Gasteiger partial charge in [0.15, 0.2) is 0 Å². The number of rotatable bonds is 8. The Morgan fingerprint density at radius 1 is 0.557 bits per heavy atom. The molecule has 0 spiro atoms. The second-order valence-corrected chi connectivity index (χ2v) is 18.4. The quantitative estimate of drug-likeness (QED) is 0.143. The van der Waals surface area contributed by atoms with E-state index in [2.05, 4.69) is 176 Å². The highest BCUT2D eigenvalue weighted by atomic mass is 32.2. The van der Waals surface area contributed by atoms with Crippen LogP contribution in [0.25, 0.3) is 55.4 Å². The highest BCUT2D eigenvalue weighted by molar-refractivity contribution is 8.05. The molecule has 0 bridgehead atoms. The number of hydrogen-bond donors (Lipinski definition) is 0. The molecule has 3 nitrogen and oxygen atoms in total. The maximum Gasteiger partial charge on any atom is 0.0716 e. The molecule has 0 saturated carbocycles. The van der Waals surface area contributed by atoms with Crippen LogP contribution >= 0.6 is 23.5 Å². The SMILES string of the molecule is C=N/C(=C\C(=NCc1cccc(-n2c3ccccc3c3cc(-c4ccc5c(c4)C(C)(C)c4cc6c(cc4-5)Sc4ccccc4S6)ccc32)c1)c1ccccc1)c1ccccc1. The summed E-state index contributed by atoms with van der Waals surface area (Å²) in [7, 11) is 0. The monoisotopic (exact) mass is 819 g/mol. The van der Waals surface area contributed by atoms with Gasteiger partial charge < -0.3 is 4.57 Å². The van der Waals surface area contributed by atoms with Crippen molar-refractivity contribution in [2.24, 2.45) is 9.98 Å². The summed E-state index contributed by atoms with van der Waals surface area (Å²) < 4.78 is 2.40. The largest absolute Gasteiger partial charge is 0.309 e. The molecule has 5 heteroatoms. The molecule has 0 atom stereocenters. The fourth-order valence-corrected chi connectivity index (χ4v) is 11.4. The molecule has 0 fully saturated rings. The molecule has 61 heavy (non-hydrogen) atoms. The number of fused-ring (bicyclic) bond motifs is 8. The van der Waals surface area contributed by atoms with Gasteiger partial charge in [-0.3, -0.25) is 9.98 Å². The average molecular weight is 820 g/mol. The number of para-hydroxylation sites is 1. The zero-order chi connectivity index (χ0) is 41.1. The number of benzene rings is 8. The van der Waals surface area contributed by atoms with Gasteiger partial charge in [-0.05, 0) is 118 Å². The zero-order valence-corrected chi connectivity index (χ0v) is 35.6. The summed E-state index contributed by atoms with van der Waals surface area (Å²) in [5, 5.41) is 2.47. The van der Waals surface area contributed by atoms with Crippen LogP contribution in [0.4, 0.5) is 0 Å². The summed E-state index contributed by atoms with van der Waals surface area (Å²) in [5.74, 6) is 0. The molecule has 0 saturated heterocycles. The molecule has 2 aliphatic rings. The van der Waals surface area contributed by atoms with Crippen LogP contribution in [0.1, 0.15) is 41.7 Å². The summed E-state index contributed by atoms with van der Waals surface area (Å²) in [6.45, 7) is 9.17. The molecule has 292 valence electrons. The van der Waals surface area contributed by atoms with Gasteiger partial charge in [-0.15, -0.1) is 0 Å². The molecule has 0 unspecified atom stereocenters. The molecule has 0 amide bonds. The summed E-state index contributed by atoms with van der Waals surface area (Å²) in [5.41, 5.74) is 16.2. The van der Waals surface area contributed by atoms with Crippen molar-refractivity contribution < 1.29 is 0 Å². The van der Waals surface area contributed by atoms with E-state index in [9.17, 15) is 0 Å².